The van der Waals surface area contributed by atoms with E-state index in [2.05, 4.69) is 20.9 Å². The van der Waals surface area contributed by atoms with Crippen molar-refractivity contribution in [1.29, 1.82) is 10.5 Å². The molecule has 0 atom stereocenters. The number of nitrogens with zero attached hydrogens (tertiary/aromatic N) is 4. The fourth-order valence-electron chi connectivity index (χ4n) is 3.39. The van der Waals surface area contributed by atoms with Crippen LogP contribution < -0.4 is 30.7 Å². The molecule has 0 radical (unpaired) electrons. The zero-order chi connectivity index (χ0) is 25.2. The molecule has 1 aliphatic heterocycles. The summed E-state index contributed by atoms with van der Waals surface area (Å²) in [7, 11) is 0. The molecule has 1 aromatic carbocycles. The van der Waals surface area contributed by atoms with Crippen molar-refractivity contribution < 1.29 is 9.59 Å². The van der Waals surface area contributed by atoms with Crippen LogP contribution in [0.1, 0.15) is 6.92 Å². The number of thioether (sulfide) groups is 1. The molecular formula is C23H25N7O3S2. The monoisotopic (exact) mass is 511 g/mol. The molecule has 2 amide bonds. The van der Waals surface area contributed by atoms with E-state index in [1.165, 1.54) is 10.8 Å². The van der Waals surface area contributed by atoms with E-state index in [0.717, 1.165) is 35.9 Å². The van der Waals surface area contributed by atoms with Gasteiger partial charge in [0.25, 0.3) is 11.5 Å². The van der Waals surface area contributed by atoms with E-state index in [4.69, 9.17) is 5.26 Å². The number of carbonyl (C=O) groups excluding carboxylic acids is 2. The van der Waals surface area contributed by atoms with Crippen LogP contribution in [0.25, 0.3) is 11.8 Å². The molecule has 1 fully saturated rings. The number of hydrogen-bond donors (Lipinski definition) is 3. The third-order valence-corrected chi connectivity index (χ3v) is 7.16. The van der Waals surface area contributed by atoms with Crippen molar-refractivity contribution in [2.45, 2.75) is 13.5 Å². The van der Waals surface area contributed by atoms with E-state index in [-0.39, 0.29) is 34.8 Å². The lowest BCUT2D eigenvalue weighted by atomic mass is 10.2. The van der Waals surface area contributed by atoms with Crippen molar-refractivity contribution >= 4 is 58.1 Å². The minimum absolute atomic E-state index is 0.0824. The third kappa shape index (κ3) is 6.96. The number of nitrogens with one attached hydrogen (secondary N) is 3. The molecule has 12 heteroatoms. The third-order valence-electron chi connectivity index (χ3n) is 5.09. The number of thiazole rings is 1. The van der Waals surface area contributed by atoms with Gasteiger partial charge < -0.3 is 16.0 Å². The SMILES string of the molecule is CCn1c(=O)/c(=C\Nc2cccc(NC(=O)CN3CCSCC3)c2)s/c1=C(/C#N)C(=O)NCC#N. The number of carbonyl (C=O) groups is 2. The predicted octanol–water partition coefficient (Wildman–Crippen LogP) is 0.0812. The lowest BCUT2D eigenvalue weighted by Crippen LogP contribution is -2.38. The Balaban J connectivity index is 1.80. The highest BCUT2D eigenvalue weighted by Crippen LogP contribution is 2.15. The normalized spacial score (nSPS) is 15.0. The van der Waals surface area contributed by atoms with Gasteiger partial charge in [0.1, 0.15) is 21.8 Å². The van der Waals surface area contributed by atoms with Crippen molar-refractivity contribution in [1.82, 2.24) is 14.8 Å². The first-order valence-electron chi connectivity index (χ1n) is 10.9. The van der Waals surface area contributed by atoms with Crippen LogP contribution in [0.5, 0.6) is 0 Å². The van der Waals surface area contributed by atoms with Crippen molar-refractivity contribution in [2.75, 3.05) is 48.3 Å². The Morgan fingerprint density at radius 3 is 2.63 bits per heavy atom. The first kappa shape index (κ1) is 26.0. The van der Waals surface area contributed by atoms with Gasteiger partial charge in [0.05, 0.1) is 12.6 Å². The Hall–Kier alpha value is -3.58. The number of aromatic nitrogens is 1. The van der Waals surface area contributed by atoms with Crippen molar-refractivity contribution in [3.8, 4) is 12.1 Å². The number of nitriles is 2. The molecule has 1 aromatic heterocycles. The van der Waals surface area contributed by atoms with Gasteiger partial charge in [0.2, 0.25) is 5.91 Å². The maximum Gasteiger partial charge on any atom is 0.270 e. The molecule has 3 N–H and O–H groups in total. The number of hydrogen-bond acceptors (Lipinski definition) is 9. The average molecular weight is 512 g/mol. The van der Waals surface area contributed by atoms with Gasteiger partial charge in [-0.3, -0.25) is 23.9 Å². The summed E-state index contributed by atoms with van der Waals surface area (Å²) >= 11 is 2.90. The smallest absolute Gasteiger partial charge is 0.270 e. The Morgan fingerprint density at radius 1 is 1.20 bits per heavy atom. The second-order valence-electron chi connectivity index (χ2n) is 7.45. The van der Waals surface area contributed by atoms with Crippen LogP contribution in [-0.4, -0.2) is 59.0 Å². The molecule has 182 valence electrons. The molecule has 1 aliphatic rings. The Kier molecular flexibility index (Phi) is 9.49. The first-order chi connectivity index (χ1) is 17.0. The zero-order valence-electron chi connectivity index (χ0n) is 19.2. The summed E-state index contributed by atoms with van der Waals surface area (Å²) < 4.78 is 1.87. The van der Waals surface area contributed by atoms with Crippen molar-refractivity contribution in [2.24, 2.45) is 0 Å². The van der Waals surface area contributed by atoms with Crippen LogP contribution in [0.2, 0.25) is 0 Å². The molecule has 0 saturated carbocycles. The first-order valence-corrected chi connectivity index (χ1v) is 12.9. The molecular weight excluding hydrogens is 486 g/mol. The van der Waals surface area contributed by atoms with E-state index >= 15 is 0 Å². The van der Waals surface area contributed by atoms with Gasteiger partial charge in [-0.15, -0.1) is 11.3 Å². The van der Waals surface area contributed by atoms with Crippen LogP contribution in [0.15, 0.2) is 29.1 Å². The van der Waals surface area contributed by atoms with Crippen LogP contribution in [0, 0.1) is 22.7 Å². The molecule has 2 aromatic rings. The highest BCUT2D eigenvalue weighted by molar-refractivity contribution is 7.99. The molecule has 0 spiro atoms. The Labute approximate surface area is 210 Å². The molecule has 3 rings (SSSR count). The molecule has 2 heterocycles. The lowest BCUT2D eigenvalue weighted by molar-refractivity contribution is -0.117. The van der Waals surface area contributed by atoms with E-state index < -0.39 is 5.91 Å². The molecule has 0 bridgehead atoms. The van der Waals surface area contributed by atoms with Gasteiger partial charge in [0.15, 0.2) is 5.57 Å². The summed E-state index contributed by atoms with van der Waals surface area (Å²) in [4.78, 5) is 39.6. The van der Waals surface area contributed by atoms with Gasteiger partial charge in [-0.05, 0) is 25.1 Å². The summed E-state index contributed by atoms with van der Waals surface area (Å²) in [6.45, 7) is 3.92. The van der Waals surface area contributed by atoms with Crippen molar-refractivity contribution in [3.05, 3.63) is 43.8 Å². The summed E-state index contributed by atoms with van der Waals surface area (Å²) in [5.74, 6) is 1.28. The van der Waals surface area contributed by atoms with Crippen LogP contribution in [-0.2, 0) is 16.1 Å². The zero-order valence-corrected chi connectivity index (χ0v) is 20.8. The summed E-state index contributed by atoms with van der Waals surface area (Å²) in [5, 5.41) is 26.4. The quantitative estimate of drug-likeness (QED) is 0.423. The van der Waals surface area contributed by atoms with Gasteiger partial charge >= 0.3 is 0 Å². The average Bonchev–Trinajstić information content (AvgIpc) is 3.17. The number of benzene rings is 1. The molecule has 0 aliphatic carbocycles. The van der Waals surface area contributed by atoms with Gasteiger partial charge in [-0.2, -0.15) is 22.3 Å². The summed E-state index contributed by atoms with van der Waals surface area (Å²) in [5.41, 5.74) is 0.726. The Morgan fingerprint density at radius 2 is 1.94 bits per heavy atom. The topological polar surface area (TPSA) is 143 Å². The summed E-state index contributed by atoms with van der Waals surface area (Å²) in [6.07, 6.45) is 1.51. The van der Waals surface area contributed by atoms with Gasteiger partial charge in [-0.25, -0.2) is 0 Å². The highest BCUT2D eigenvalue weighted by atomic mass is 32.2. The minimum Gasteiger partial charge on any atom is -0.360 e. The molecule has 1 saturated heterocycles. The second-order valence-corrected chi connectivity index (χ2v) is 9.71. The van der Waals surface area contributed by atoms with E-state index in [9.17, 15) is 19.6 Å². The number of rotatable bonds is 8. The van der Waals surface area contributed by atoms with Crippen LogP contribution >= 0.6 is 23.1 Å². The fraction of sp³-hybridized carbons (Fsp3) is 0.348. The van der Waals surface area contributed by atoms with Crippen LogP contribution in [0.4, 0.5) is 11.4 Å². The summed E-state index contributed by atoms with van der Waals surface area (Å²) in [6, 6.07) is 10.8. The maximum absolute atomic E-state index is 12.8. The lowest BCUT2D eigenvalue weighted by Gasteiger charge is -2.25. The van der Waals surface area contributed by atoms with Gasteiger partial charge in [-0.1, -0.05) is 6.07 Å². The standard InChI is InChI=1S/C23H25N7O3S2/c1-2-30-22(33)19(35-23(30)18(13-25)21(32)26-7-6-24)14-27-16-4-3-5-17(12-16)28-20(31)15-29-8-10-34-11-9-29/h3-5,12,14,27H,2,7-11,15H2,1H3,(H,26,32)(H,28,31)/b19-14+,23-18-. The molecule has 10 nitrogen and oxygen atoms in total. The van der Waals surface area contributed by atoms with E-state index in [1.54, 1.807) is 37.3 Å². The predicted molar refractivity (Wildman–Crippen MR) is 138 cm³/mol. The Bertz CT molecular complexity index is 1340. The fourth-order valence-corrected chi connectivity index (χ4v) is 5.46. The van der Waals surface area contributed by atoms with E-state index in [1.807, 2.05) is 17.8 Å². The molecule has 0 unspecified atom stereocenters. The number of amides is 2. The van der Waals surface area contributed by atoms with Gasteiger partial charge in [0, 0.05) is 48.7 Å². The second kappa shape index (κ2) is 12.8. The highest BCUT2D eigenvalue weighted by Gasteiger charge is 2.15. The van der Waals surface area contributed by atoms with E-state index in [0.29, 0.717) is 22.5 Å². The maximum atomic E-state index is 12.8. The molecule has 35 heavy (non-hydrogen) atoms. The minimum atomic E-state index is -0.705. The number of anilines is 2. The largest absolute Gasteiger partial charge is 0.360 e. The van der Waals surface area contributed by atoms with Crippen LogP contribution in [0.3, 0.4) is 0 Å². The van der Waals surface area contributed by atoms with Crippen molar-refractivity contribution in [3.63, 3.8) is 0 Å².